The Morgan fingerprint density at radius 2 is 2.10 bits per heavy atom. The second kappa shape index (κ2) is 3.91. The van der Waals surface area contributed by atoms with Crippen LogP contribution in [0.3, 0.4) is 0 Å². The molecule has 0 aromatic carbocycles. The number of nitrogens with zero attached hydrogens (tertiary/aromatic N) is 1. The molecule has 0 aromatic rings. The number of likely N-dealkylation sites (N-methyl/N-ethyl adjacent to an activating group) is 1. The van der Waals surface area contributed by atoms with Crippen molar-refractivity contribution in [2.45, 2.75) is 19.1 Å². The lowest BCUT2D eigenvalue weighted by Gasteiger charge is -2.18. The molecule has 1 rings (SSSR count). The van der Waals surface area contributed by atoms with Gasteiger partial charge in [0.25, 0.3) is 0 Å². The zero-order valence-electron chi connectivity index (χ0n) is 6.51. The molecule has 1 aliphatic heterocycles. The molecule has 1 saturated heterocycles. The minimum Gasteiger partial charge on any atom is -0.377 e. The topological polar surface area (TPSA) is 35.5 Å². The number of likely N-dealkylation sites (tertiary alicyclic amines) is 1. The Morgan fingerprint density at radius 1 is 1.50 bits per heavy atom. The number of rotatable bonds is 3. The van der Waals surface area contributed by atoms with Gasteiger partial charge in [-0.25, -0.2) is 0 Å². The predicted octanol–water partition coefficient (Wildman–Crippen LogP) is -0.380. The molecule has 0 saturated carbocycles. The fraction of sp³-hybridized carbons (Fsp3) is 1.00. The van der Waals surface area contributed by atoms with Crippen molar-refractivity contribution >= 4 is 0 Å². The highest BCUT2D eigenvalue weighted by atomic mass is 16.3. The maximum absolute atomic E-state index is 9.17. The number of nitrogens with one attached hydrogen (secondary N) is 1. The van der Waals surface area contributed by atoms with Crippen LogP contribution in [0, 0.1) is 0 Å². The lowest BCUT2D eigenvalue weighted by atomic mass is 10.4. The Labute approximate surface area is 62.0 Å². The number of β-amino-alcohol motifs (C(OH)–C–C–N with tert-alkyl or cyclic N) is 1. The number of aliphatic hydroxyl groups excluding tert-OH is 1. The first-order valence-corrected chi connectivity index (χ1v) is 3.90. The molecule has 0 aromatic heterocycles. The van der Waals surface area contributed by atoms with Crippen molar-refractivity contribution in [2.24, 2.45) is 0 Å². The van der Waals surface area contributed by atoms with Crippen LogP contribution < -0.4 is 5.32 Å². The second-order valence-electron chi connectivity index (χ2n) is 2.81. The third-order valence-corrected chi connectivity index (χ3v) is 1.96. The van der Waals surface area contributed by atoms with Crippen molar-refractivity contribution < 1.29 is 5.11 Å². The lowest BCUT2D eigenvalue weighted by molar-refractivity contribution is 0.102. The van der Waals surface area contributed by atoms with E-state index >= 15 is 0 Å². The van der Waals surface area contributed by atoms with E-state index in [1.807, 2.05) is 0 Å². The average Bonchev–Trinajstić information content (AvgIpc) is 2.40. The monoisotopic (exact) mass is 144 g/mol. The van der Waals surface area contributed by atoms with Crippen molar-refractivity contribution in [1.82, 2.24) is 10.2 Å². The summed E-state index contributed by atoms with van der Waals surface area (Å²) < 4.78 is 0. The molecule has 1 atom stereocenters. The highest BCUT2D eigenvalue weighted by Gasteiger charge is 2.13. The molecule has 1 heterocycles. The molecule has 60 valence electrons. The molecule has 2 N–H and O–H groups in total. The summed E-state index contributed by atoms with van der Waals surface area (Å²) in [5.74, 6) is 0. The largest absolute Gasteiger partial charge is 0.377 e. The molecule has 0 bridgehead atoms. The smallest absolute Gasteiger partial charge is 0.117 e. The van der Waals surface area contributed by atoms with Crippen LogP contribution in [0.4, 0.5) is 0 Å². The van der Waals surface area contributed by atoms with Gasteiger partial charge in [0.05, 0.1) is 0 Å². The van der Waals surface area contributed by atoms with Gasteiger partial charge < -0.3 is 5.11 Å². The fourth-order valence-corrected chi connectivity index (χ4v) is 1.30. The molecule has 10 heavy (non-hydrogen) atoms. The van der Waals surface area contributed by atoms with Crippen LogP contribution in [0.15, 0.2) is 0 Å². The second-order valence-corrected chi connectivity index (χ2v) is 2.81. The van der Waals surface area contributed by atoms with E-state index in [1.54, 1.807) is 7.05 Å². The van der Waals surface area contributed by atoms with Crippen LogP contribution in [0.5, 0.6) is 0 Å². The van der Waals surface area contributed by atoms with Gasteiger partial charge in [-0.15, -0.1) is 0 Å². The maximum atomic E-state index is 9.17. The van der Waals surface area contributed by atoms with Gasteiger partial charge in [0.1, 0.15) is 6.23 Å². The number of hydrogen-bond donors (Lipinski definition) is 2. The predicted molar refractivity (Wildman–Crippen MR) is 40.7 cm³/mol. The minimum atomic E-state index is -0.349. The van der Waals surface area contributed by atoms with Crippen LogP contribution in [0.2, 0.25) is 0 Å². The number of hydrogen-bond acceptors (Lipinski definition) is 3. The summed E-state index contributed by atoms with van der Waals surface area (Å²) in [4.78, 5) is 2.28. The van der Waals surface area contributed by atoms with Gasteiger partial charge in [-0.3, -0.25) is 10.2 Å². The molecule has 0 spiro atoms. The SMILES string of the molecule is CNC(O)CN1CCCC1. The quantitative estimate of drug-likeness (QED) is 0.530. The third kappa shape index (κ3) is 2.25. The van der Waals surface area contributed by atoms with E-state index in [0.29, 0.717) is 0 Å². The zero-order valence-corrected chi connectivity index (χ0v) is 6.51. The minimum absolute atomic E-state index is 0.349. The van der Waals surface area contributed by atoms with E-state index < -0.39 is 0 Å². The van der Waals surface area contributed by atoms with E-state index in [9.17, 15) is 0 Å². The zero-order chi connectivity index (χ0) is 7.40. The average molecular weight is 144 g/mol. The van der Waals surface area contributed by atoms with E-state index in [0.717, 1.165) is 19.6 Å². The summed E-state index contributed by atoms with van der Waals surface area (Å²) in [7, 11) is 1.78. The van der Waals surface area contributed by atoms with Gasteiger partial charge in [-0.05, 0) is 33.0 Å². The third-order valence-electron chi connectivity index (χ3n) is 1.96. The van der Waals surface area contributed by atoms with E-state index in [-0.39, 0.29) is 6.23 Å². The first-order valence-electron chi connectivity index (χ1n) is 3.90. The standard InChI is InChI=1S/C7H16N2O/c1-8-7(10)6-9-4-2-3-5-9/h7-8,10H,2-6H2,1H3. The van der Waals surface area contributed by atoms with E-state index in [4.69, 9.17) is 5.11 Å². The van der Waals surface area contributed by atoms with Crippen molar-refractivity contribution in [3.8, 4) is 0 Å². The summed E-state index contributed by atoms with van der Waals surface area (Å²) in [6.07, 6.45) is 2.23. The molecule has 1 aliphatic rings. The Morgan fingerprint density at radius 3 is 2.60 bits per heavy atom. The molecule has 3 nitrogen and oxygen atoms in total. The molecule has 0 amide bonds. The number of aliphatic hydroxyl groups is 1. The van der Waals surface area contributed by atoms with Gasteiger partial charge in [0.2, 0.25) is 0 Å². The van der Waals surface area contributed by atoms with Crippen molar-refractivity contribution in [2.75, 3.05) is 26.7 Å². The Balaban J connectivity index is 2.11. The van der Waals surface area contributed by atoms with Gasteiger partial charge in [0.15, 0.2) is 0 Å². The van der Waals surface area contributed by atoms with Crippen LogP contribution in [-0.2, 0) is 0 Å². The first-order chi connectivity index (χ1) is 4.83. The summed E-state index contributed by atoms with van der Waals surface area (Å²) in [5, 5.41) is 12.0. The van der Waals surface area contributed by atoms with Gasteiger partial charge in [-0.1, -0.05) is 0 Å². The highest BCUT2D eigenvalue weighted by Crippen LogP contribution is 2.06. The van der Waals surface area contributed by atoms with Crippen LogP contribution in [0.25, 0.3) is 0 Å². The summed E-state index contributed by atoms with van der Waals surface area (Å²) in [6, 6.07) is 0. The Bertz CT molecular complexity index is 91.6. The lowest BCUT2D eigenvalue weighted by Crippen LogP contribution is -2.37. The van der Waals surface area contributed by atoms with Crippen molar-refractivity contribution in [1.29, 1.82) is 0 Å². The van der Waals surface area contributed by atoms with Gasteiger partial charge >= 0.3 is 0 Å². The summed E-state index contributed by atoms with van der Waals surface area (Å²) in [6.45, 7) is 3.08. The Kier molecular flexibility index (Phi) is 3.12. The highest BCUT2D eigenvalue weighted by molar-refractivity contribution is 4.67. The van der Waals surface area contributed by atoms with Crippen LogP contribution in [0.1, 0.15) is 12.8 Å². The molecule has 1 fully saturated rings. The van der Waals surface area contributed by atoms with Crippen molar-refractivity contribution in [3.05, 3.63) is 0 Å². The van der Waals surface area contributed by atoms with Crippen molar-refractivity contribution in [3.63, 3.8) is 0 Å². The normalized spacial score (nSPS) is 23.4. The molecular weight excluding hydrogens is 128 g/mol. The molecule has 0 aliphatic carbocycles. The fourth-order valence-electron chi connectivity index (χ4n) is 1.30. The Hall–Kier alpha value is -0.120. The van der Waals surface area contributed by atoms with Gasteiger partial charge in [-0.2, -0.15) is 0 Å². The summed E-state index contributed by atoms with van der Waals surface area (Å²) >= 11 is 0. The van der Waals surface area contributed by atoms with E-state index in [2.05, 4.69) is 10.2 Å². The van der Waals surface area contributed by atoms with Gasteiger partial charge in [0, 0.05) is 6.54 Å². The maximum Gasteiger partial charge on any atom is 0.117 e. The molecule has 1 unspecified atom stereocenters. The van der Waals surface area contributed by atoms with E-state index in [1.165, 1.54) is 12.8 Å². The van der Waals surface area contributed by atoms with Crippen LogP contribution in [-0.4, -0.2) is 42.9 Å². The molecular formula is C7H16N2O. The summed E-state index contributed by atoms with van der Waals surface area (Å²) in [5.41, 5.74) is 0. The molecule has 3 heteroatoms. The molecule has 0 radical (unpaired) electrons. The first kappa shape index (κ1) is 7.98. The van der Waals surface area contributed by atoms with Crippen LogP contribution >= 0.6 is 0 Å².